The zero-order valence-electron chi connectivity index (χ0n) is 12.5. The zero-order valence-corrected chi connectivity index (χ0v) is 14.6. The van der Waals surface area contributed by atoms with E-state index in [-0.39, 0.29) is 0 Å². The third-order valence-electron chi connectivity index (χ3n) is 6.35. The minimum Gasteiger partial charge on any atom is -0.271 e. The molecule has 1 aromatic rings. The van der Waals surface area contributed by atoms with Gasteiger partial charge in [0.25, 0.3) is 0 Å². The molecule has 5 rings (SSSR count). The van der Waals surface area contributed by atoms with E-state index < -0.39 is 0 Å². The van der Waals surface area contributed by atoms with Gasteiger partial charge in [-0.05, 0) is 108 Å². The predicted octanol–water partition coefficient (Wildman–Crippen LogP) is 3.74. The van der Waals surface area contributed by atoms with Gasteiger partial charge in [0.05, 0.1) is 0 Å². The van der Waals surface area contributed by atoms with Crippen molar-refractivity contribution in [1.82, 2.24) is 5.43 Å². The number of benzene rings is 1. The maximum atomic E-state index is 5.98. The first-order chi connectivity index (χ1) is 10.2. The summed E-state index contributed by atoms with van der Waals surface area (Å²) in [6.07, 6.45) is 8.51. The molecule has 2 nitrogen and oxygen atoms in total. The second-order valence-corrected chi connectivity index (χ2v) is 8.86. The van der Waals surface area contributed by atoms with E-state index in [2.05, 4.69) is 52.3 Å². The summed E-state index contributed by atoms with van der Waals surface area (Å²) in [6.45, 7) is 0. The van der Waals surface area contributed by atoms with Crippen LogP contribution in [0.25, 0.3) is 0 Å². The number of nitrogens with one attached hydrogen (secondary N) is 1. The fourth-order valence-corrected chi connectivity index (χ4v) is 6.16. The smallest absolute Gasteiger partial charge is 0.0284 e. The van der Waals surface area contributed by atoms with Crippen molar-refractivity contribution in [3.05, 3.63) is 33.4 Å². The minimum atomic E-state index is 0.458. The average molecular weight is 396 g/mol. The van der Waals surface area contributed by atoms with Crippen LogP contribution in [-0.2, 0) is 6.42 Å². The fraction of sp³-hybridized carbons (Fsp3) is 0.667. The highest BCUT2D eigenvalue weighted by molar-refractivity contribution is 14.1. The largest absolute Gasteiger partial charge is 0.271 e. The Hall–Kier alpha value is -0.130. The van der Waals surface area contributed by atoms with Gasteiger partial charge >= 0.3 is 0 Å². The maximum Gasteiger partial charge on any atom is 0.0284 e. The molecular weight excluding hydrogens is 371 g/mol. The first-order valence-corrected chi connectivity index (χ1v) is 9.51. The quantitative estimate of drug-likeness (QED) is 0.462. The molecule has 4 bridgehead atoms. The van der Waals surface area contributed by atoms with Crippen molar-refractivity contribution in [3.8, 4) is 0 Å². The molecule has 1 aromatic carbocycles. The third kappa shape index (κ3) is 2.77. The Morgan fingerprint density at radius 2 is 1.57 bits per heavy atom. The Bertz CT molecular complexity index is 470. The molecule has 0 spiro atoms. The SMILES string of the molecule is NNC(Cc1ccc(I)cc1)C1C2CC3CC(C2)CC1C3. The second-order valence-electron chi connectivity index (χ2n) is 7.61. The highest BCUT2D eigenvalue weighted by atomic mass is 127. The molecule has 0 heterocycles. The van der Waals surface area contributed by atoms with E-state index in [0.29, 0.717) is 6.04 Å². The van der Waals surface area contributed by atoms with Gasteiger partial charge in [0.1, 0.15) is 0 Å². The molecule has 0 aromatic heterocycles. The molecule has 3 heteroatoms. The summed E-state index contributed by atoms with van der Waals surface area (Å²) in [6, 6.07) is 9.41. The van der Waals surface area contributed by atoms with Crippen molar-refractivity contribution in [3.63, 3.8) is 0 Å². The molecule has 1 unspecified atom stereocenters. The van der Waals surface area contributed by atoms with Crippen molar-refractivity contribution in [2.75, 3.05) is 0 Å². The molecule has 3 N–H and O–H groups in total. The number of hydrogen-bond donors (Lipinski definition) is 2. The molecule has 0 amide bonds. The van der Waals surface area contributed by atoms with Crippen LogP contribution in [0.4, 0.5) is 0 Å². The number of nitrogens with two attached hydrogens (primary N) is 1. The van der Waals surface area contributed by atoms with Gasteiger partial charge in [-0.2, -0.15) is 0 Å². The molecular formula is C18H25IN2. The molecule has 21 heavy (non-hydrogen) atoms. The summed E-state index contributed by atoms with van der Waals surface area (Å²) in [7, 11) is 0. The summed E-state index contributed by atoms with van der Waals surface area (Å²) in [5.41, 5.74) is 4.61. The summed E-state index contributed by atoms with van der Waals surface area (Å²) in [5, 5.41) is 0. The minimum absolute atomic E-state index is 0.458. The van der Waals surface area contributed by atoms with Gasteiger partial charge in [-0.15, -0.1) is 0 Å². The summed E-state index contributed by atoms with van der Waals surface area (Å²) in [4.78, 5) is 0. The Morgan fingerprint density at radius 3 is 2.10 bits per heavy atom. The molecule has 4 aliphatic rings. The van der Waals surface area contributed by atoms with Crippen LogP contribution < -0.4 is 11.3 Å². The number of hydrogen-bond acceptors (Lipinski definition) is 2. The van der Waals surface area contributed by atoms with Crippen molar-refractivity contribution in [2.45, 2.75) is 44.6 Å². The van der Waals surface area contributed by atoms with Crippen molar-refractivity contribution in [2.24, 2.45) is 35.4 Å². The Kier molecular flexibility index (Phi) is 4.01. The van der Waals surface area contributed by atoms with E-state index in [4.69, 9.17) is 5.84 Å². The van der Waals surface area contributed by atoms with Crippen LogP contribution in [0.2, 0.25) is 0 Å². The van der Waals surface area contributed by atoms with Crippen LogP contribution in [0.1, 0.15) is 37.7 Å². The summed E-state index contributed by atoms with van der Waals surface area (Å²) in [5.74, 6) is 10.7. The topological polar surface area (TPSA) is 38.0 Å². The van der Waals surface area contributed by atoms with Gasteiger partial charge in [-0.3, -0.25) is 11.3 Å². The monoisotopic (exact) mass is 396 g/mol. The molecule has 0 aliphatic heterocycles. The summed E-state index contributed by atoms with van der Waals surface area (Å²) < 4.78 is 1.31. The van der Waals surface area contributed by atoms with E-state index in [9.17, 15) is 0 Å². The lowest BCUT2D eigenvalue weighted by atomic mass is 9.50. The van der Waals surface area contributed by atoms with E-state index in [1.807, 2.05) is 0 Å². The van der Waals surface area contributed by atoms with Crippen LogP contribution >= 0.6 is 22.6 Å². The molecule has 1 atom stereocenters. The molecule has 4 saturated carbocycles. The van der Waals surface area contributed by atoms with E-state index >= 15 is 0 Å². The first kappa shape index (κ1) is 14.5. The zero-order chi connectivity index (χ0) is 14.4. The standard InChI is InChI=1S/C18H25IN2/c19-16-3-1-11(2-4-16)10-17(21-20)18-14-6-12-5-13(8-14)9-15(18)7-12/h1-4,12-15,17-18,21H,5-10,20H2. The molecule has 4 aliphatic carbocycles. The van der Waals surface area contributed by atoms with E-state index in [0.717, 1.165) is 36.0 Å². The van der Waals surface area contributed by atoms with Gasteiger partial charge in [-0.1, -0.05) is 12.1 Å². The maximum absolute atomic E-state index is 5.98. The lowest BCUT2D eigenvalue weighted by Crippen LogP contribution is -2.55. The lowest BCUT2D eigenvalue weighted by molar-refractivity contribution is -0.0517. The van der Waals surface area contributed by atoms with Gasteiger partial charge in [0, 0.05) is 9.61 Å². The molecule has 114 valence electrons. The van der Waals surface area contributed by atoms with Crippen molar-refractivity contribution >= 4 is 22.6 Å². The Labute approximate surface area is 141 Å². The van der Waals surface area contributed by atoms with Crippen molar-refractivity contribution < 1.29 is 0 Å². The van der Waals surface area contributed by atoms with E-state index in [1.54, 1.807) is 0 Å². The molecule has 4 fully saturated rings. The highest BCUT2D eigenvalue weighted by Gasteiger charge is 2.50. The van der Waals surface area contributed by atoms with Crippen LogP contribution in [0.5, 0.6) is 0 Å². The molecule has 0 saturated heterocycles. The first-order valence-electron chi connectivity index (χ1n) is 8.43. The Balaban J connectivity index is 1.51. The van der Waals surface area contributed by atoms with Gasteiger partial charge in [0.15, 0.2) is 0 Å². The highest BCUT2D eigenvalue weighted by Crippen LogP contribution is 2.57. The van der Waals surface area contributed by atoms with Crippen LogP contribution in [0.3, 0.4) is 0 Å². The third-order valence-corrected chi connectivity index (χ3v) is 7.07. The number of halogens is 1. The fourth-order valence-electron chi connectivity index (χ4n) is 5.80. The van der Waals surface area contributed by atoms with Crippen LogP contribution in [-0.4, -0.2) is 6.04 Å². The number of rotatable bonds is 4. The Morgan fingerprint density at radius 1 is 1.00 bits per heavy atom. The van der Waals surface area contributed by atoms with Crippen LogP contribution in [0.15, 0.2) is 24.3 Å². The van der Waals surface area contributed by atoms with Crippen molar-refractivity contribution in [1.29, 1.82) is 0 Å². The summed E-state index contributed by atoms with van der Waals surface area (Å²) >= 11 is 2.37. The van der Waals surface area contributed by atoms with Gasteiger partial charge in [-0.25, -0.2) is 0 Å². The normalized spacial score (nSPS) is 38.7. The van der Waals surface area contributed by atoms with Gasteiger partial charge in [0.2, 0.25) is 0 Å². The van der Waals surface area contributed by atoms with E-state index in [1.165, 1.54) is 41.2 Å². The lowest BCUT2D eigenvalue weighted by Gasteiger charge is -2.56. The van der Waals surface area contributed by atoms with Gasteiger partial charge < -0.3 is 0 Å². The molecule has 0 radical (unpaired) electrons. The number of hydrazine groups is 1. The van der Waals surface area contributed by atoms with Crippen LogP contribution in [0, 0.1) is 33.2 Å². The second kappa shape index (κ2) is 5.82. The predicted molar refractivity (Wildman–Crippen MR) is 94.5 cm³/mol. The average Bonchev–Trinajstić information content (AvgIpc) is 2.47.